The van der Waals surface area contributed by atoms with Gasteiger partial charge in [-0.2, -0.15) is 0 Å². The smallest absolute Gasteiger partial charge is 0.175 e. The van der Waals surface area contributed by atoms with E-state index in [0.29, 0.717) is 4.90 Å². The Morgan fingerprint density at radius 3 is 2.18 bits per heavy atom. The van der Waals surface area contributed by atoms with Gasteiger partial charge in [0.15, 0.2) is 9.84 Å². The van der Waals surface area contributed by atoms with E-state index in [-0.39, 0.29) is 0 Å². The normalized spacial score (nSPS) is 17.9. The zero-order valence-electron chi connectivity index (χ0n) is 10.0. The van der Waals surface area contributed by atoms with Crippen LogP contribution in [-0.4, -0.2) is 32.8 Å². The number of hydrogen-bond acceptors (Lipinski definition) is 4. The molecule has 17 heavy (non-hydrogen) atoms. The zero-order chi connectivity index (χ0) is 12.3. The zero-order valence-corrected chi connectivity index (χ0v) is 10.8. The lowest BCUT2D eigenvalue weighted by Gasteiger charge is -2.27. The quantitative estimate of drug-likeness (QED) is 0.895. The van der Waals surface area contributed by atoms with Crippen molar-refractivity contribution in [1.29, 1.82) is 0 Å². The number of nitrogens with one attached hydrogen (secondary N) is 1. The fourth-order valence-electron chi connectivity index (χ4n) is 1.96. The van der Waals surface area contributed by atoms with E-state index in [4.69, 9.17) is 0 Å². The van der Waals surface area contributed by atoms with Crippen molar-refractivity contribution in [3.63, 3.8) is 0 Å². The summed E-state index contributed by atoms with van der Waals surface area (Å²) in [5.41, 5.74) is 4.24. The van der Waals surface area contributed by atoms with E-state index < -0.39 is 9.84 Å². The molecular weight excluding hydrogens is 236 g/mol. The Labute approximate surface area is 103 Å². The van der Waals surface area contributed by atoms with Crippen LogP contribution in [0.25, 0.3) is 0 Å². The van der Waals surface area contributed by atoms with Crippen molar-refractivity contribution in [2.75, 3.05) is 24.8 Å². The van der Waals surface area contributed by atoms with E-state index in [0.717, 1.165) is 18.8 Å². The second kappa shape index (κ2) is 5.06. The van der Waals surface area contributed by atoms with E-state index in [1.54, 1.807) is 12.1 Å². The van der Waals surface area contributed by atoms with Crippen LogP contribution in [0.15, 0.2) is 29.2 Å². The van der Waals surface area contributed by atoms with Crippen LogP contribution in [0.2, 0.25) is 0 Å². The van der Waals surface area contributed by atoms with Crippen LogP contribution < -0.4 is 5.43 Å². The molecule has 1 heterocycles. The van der Waals surface area contributed by atoms with Gasteiger partial charge in [-0.05, 0) is 37.1 Å². The van der Waals surface area contributed by atoms with Gasteiger partial charge in [-0.1, -0.05) is 6.42 Å². The maximum atomic E-state index is 11.3. The van der Waals surface area contributed by atoms with Crippen molar-refractivity contribution in [1.82, 2.24) is 5.01 Å². The predicted octanol–water partition coefficient (Wildman–Crippen LogP) is 1.90. The summed E-state index contributed by atoms with van der Waals surface area (Å²) in [5, 5.41) is 2.18. The molecule has 0 aliphatic carbocycles. The first-order chi connectivity index (χ1) is 8.05. The molecule has 2 rings (SSSR count). The Hall–Kier alpha value is -1.07. The maximum Gasteiger partial charge on any atom is 0.175 e. The summed E-state index contributed by atoms with van der Waals surface area (Å²) in [7, 11) is -3.09. The van der Waals surface area contributed by atoms with Crippen LogP contribution in [0.4, 0.5) is 5.69 Å². The standard InChI is InChI=1S/C12H18N2O2S/c1-17(15,16)12-7-5-11(6-8-12)13-14-9-3-2-4-10-14/h5-8,13H,2-4,9-10H2,1H3. The van der Waals surface area contributed by atoms with Gasteiger partial charge in [0.1, 0.15) is 0 Å². The third-order valence-corrected chi connectivity index (χ3v) is 4.05. The molecule has 94 valence electrons. The minimum atomic E-state index is -3.09. The largest absolute Gasteiger partial charge is 0.319 e. The summed E-state index contributed by atoms with van der Waals surface area (Å²) in [6, 6.07) is 6.90. The summed E-state index contributed by atoms with van der Waals surface area (Å²) < 4.78 is 22.6. The molecule has 1 aromatic carbocycles. The third-order valence-electron chi connectivity index (χ3n) is 2.93. The van der Waals surface area contributed by atoms with E-state index >= 15 is 0 Å². The Morgan fingerprint density at radius 1 is 1.06 bits per heavy atom. The van der Waals surface area contributed by atoms with Crippen LogP contribution in [0, 0.1) is 0 Å². The average Bonchev–Trinajstić information content (AvgIpc) is 2.30. The number of nitrogens with zero attached hydrogens (tertiary/aromatic N) is 1. The van der Waals surface area contributed by atoms with Gasteiger partial charge in [0.05, 0.1) is 4.90 Å². The number of hydrazine groups is 1. The lowest BCUT2D eigenvalue weighted by Crippen LogP contribution is -2.34. The lowest BCUT2D eigenvalue weighted by molar-refractivity contribution is 0.273. The Bertz CT molecular complexity index is 462. The summed E-state index contributed by atoms with van der Waals surface area (Å²) in [4.78, 5) is 0.363. The molecule has 1 saturated heterocycles. The topological polar surface area (TPSA) is 49.4 Å². The fraction of sp³-hybridized carbons (Fsp3) is 0.500. The second-order valence-electron chi connectivity index (χ2n) is 4.46. The molecule has 1 aliphatic rings. The van der Waals surface area contributed by atoms with Crippen molar-refractivity contribution in [3.05, 3.63) is 24.3 Å². The van der Waals surface area contributed by atoms with Gasteiger partial charge in [-0.25, -0.2) is 13.4 Å². The molecule has 0 amide bonds. The molecule has 0 spiro atoms. The highest BCUT2D eigenvalue weighted by Crippen LogP contribution is 2.16. The van der Waals surface area contributed by atoms with Gasteiger partial charge in [-0.15, -0.1) is 0 Å². The fourth-order valence-corrected chi connectivity index (χ4v) is 2.60. The average molecular weight is 254 g/mol. The molecule has 1 N–H and O–H groups in total. The summed E-state index contributed by atoms with van der Waals surface area (Å²) in [6.45, 7) is 2.10. The van der Waals surface area contributed by atoms with Crippen LogP contribution in [-0.2, 0) is 9.84 Å². The molecule has 0 unspecified atom stereocenters. The highest BCUT2D eigenvalue weighted by Gasteiger charge is 2.10. The monoisotopic (exact) mass is 254 g/mol. The van der Waals surface area contributed by atoms with E-state index in [1.807, 2.05) is 12.1 Å². The van der Waals surface area contributed by atoms with Gasteiger partial charge < -0.3 is 5.43 Å². The van der Waals surface area contributed by atoms with Crippen LogP contribution >= 0.6 is 0 Å². The molecule has 1 aliphatic heterocycles. The number of piperidine rings is 1. The minimum Gasteiger partial charge on any atom is -0.319 e. The van der Waals surface area contributed by atoms with E-state index in [1.165, 1.54) is 25.5 Å². The van der Waals surface area contributed by atoms with Gasteiger partial charge in [0.2, 0.25) is 0 Å². The first-order valence-corrected chi connectivity index (χ1v) is 7.76. The number of sulfone groups is 1. The molecule has 0 aromatic heterocycles. The Morgan fingerprint density at radius 2 is 1.65 bits per heavy atom. The molecular formula is C12H18N2O2S. The Kier molecular flexibility index (Phi) is 3.69. The van der Waals surface area contributed by atoms with Crippen LogP contribution in [0.1, 0.15) is 19.3 Å². The van der Waals surface area contributed by atoms with Gasteiger partial charge >= 0.3 is 0 Å². The number of hydrogen-bond donors (Lipinski definition) is 1. The number of rotatable bonds is 3. The maximum absolute atomic E-state index is 11.3. The second-order valence-corrected chi connectivity index (χ2v) is 6.47. The lowest BCUT2D eigenvalue weighted by atomic mass is 10.2. The van der Waals surface area contributed by atoms with Crippen molar-refractivity contribution in [2.45, 2.75) is 24.2 Å². The van der Waals surface area contributed by atoms with Crippen molar-refractivity contribution in [2.24, 2.45) is 0 Å². The number of anilines is 1. The molecule has 1 fully saturated rings. The van der Waals surface area contributed by atoms with E-state index in [9.17, 15) is 8.42 Å². The third kappa shape index (κ3) is 3.44. The molecule has 4 nitrogen and oxygen atoms in total. The summed E-state index contributed by atoms with van der Waals surface area (Å²) >= 11 is 0. The highest BCUT2D eigenvalue weighted by atomic mass is 32.2. The van der Waals surface area contributed by atoms with E-state index in [2.05, 4.69) is 10.4 Å². The van der Waals surface area contributed by atoms with Crippen molar-refractivity contribution >= 4 is 15.5 Å². The molecule has 0 saturated carbocycles. The Balaban J connectivity index is 2.03. The molecule has 5 heteroatoms. The van der Waals surface area contributed by atoms with Gasteiger partial charge in [0, 0.05) is 25.0 Å². The number of benzene rings is 1. The molecule has 0 bridgehead atoms. The first-order valence-electron chi connectivity index (χ1n) is 5.87. The molecule has 1 aromatic rings. The first kappa shape index (κ1) is 12.4. The summed E-state index contributed by atoms with van der Waals surface area (Å²) in [5.74, 6) is 0. The van der Waals surface area contributed by atoms with Gasteiger partial charge in [0.25, 0.3) is 0 Å². The predicted molar refractivity (Wildman–Crippen MR) is 68.6 cm³/mol. The molecule has 0 radical (unpaired) electrons. The minimum absolute atomic E-state index is 0.363. The van der Waals surface area contributed by atoms with Crippen molar-refractivity contribution in [3.8, 4) is 0 Å². The van der Waals surface area contributed by atoms with Crippen LogP contribution in [0.3, 0.4) is 0 Å². The SMILES string of the molecule is CS(=O)(=O)c1ccc(NN2CCCCC2)cc1. The van der Waals surface area contributed by atoms with Crippen molar-refractivity contribution < 1.29 is 8.42 Å². The summed E-state index contributed by atoms with van der Waals surface area (Å²) in [6.07, 6.45) is 4.95. The van der Waals surface area contributed by atoms with Gasteiger partial charge in [-0.3, -0.25) is 0 Å². The molecule has 0 atom stereocenters. The highest BCUT2D eigenvalue weighted by molar-refractivity contribution is 7.90. The van der Waals surface area contributed by atoms with Crippen LogP contribution in [0.5, 0.6) is 0 Å².